The number of para-hydroxylation sites is 1. The monoisotopic (exact) mass is 314 g/mol. The van der Waals surface area contributed by atoms with E-state index in [0.717, 1.165) is 37.5 Å². The Morgan fingerprint density at radius 3 is 2.80 bits per heavy atom. The molecule has 112 valence electrons. The fraction of sp³-hybridized carbons (Fsp3) is 0.571. The van der Waals surface area contributed by atoms with Gasteiger partial charge in [-0.2, -0.15) is 11.8 Å². The van der Waals surface area contributed by atoms with E-state index in [1.165, 1.54) is 6.26 Å². The summed E-state index contributed by atoms with van der Waals surface area (Å²) in [5, 5.41) is 3.05. The van der Waals surface area contributed by atoms with E-state index in [9.17, 15) is 8.42 Å². The van der Waals surface area contributed by atoms with E-state index in [4.69, 9.17) is 0 Å². The van der Waals surface area contributed by atoms with Crippen LogP contribution in [0.2, 0.25) is 0 Å². The zero-order chi connectivity index (χ0) is 14.4. The molecule has 1 fully saturated rings. The fourth-order valence-electron chi connectivity index (χ4n) is 2.34. The van der Waals surface area contributed by atoms with Gasteiger partial charge in [-0.05, 0) is 18.6 Å². The van der Waals surface area contributed by atoms with Gasteiger partial charge in [0.15, 0.2) is 9.84 Å². The number of hydrogen-bond acceptors (Lipinski definition) is 5. The van der Waals surface area contributed by atoms with Crippen LogP contribution < -0.4 is 5.32 Å². The Bertz CT molecular complexity index is 505. The van der Waals surface area contributed by atoms with Crippen molar-refractivity contribution in [2.45, 2.75) is 11.8 Å². The van der Waals surface area contributed by atoms with Crippen LogP contribution in [-0.2, 0) is 9.84 Å². The van der Waals surface area contributed by atoms with Gasteiger partial charge in [-0.3, -0.25) is 4.90 Å². The minimum Gasteiger partial charge on any atom is -0.385 e. The molecular formula is C14H22N2O2S2. The molecular weight excluding hydrogens is 292 g/mol. The average molecular weight is 314 g/mol. The molecule has 1 N–H and O–H groups in total. The van der Waals surface area contributed by atoms with Crippen molar-refractivity contribution < 1.29 is 8.42 Å². The van der Waals surface area contributed by atoms with Crippen molar-refractivity contribution in [2.75, 3.05) is 42.7 Å². The van der Waals surface area contributed by atoms with E-state index < -0.39 is 9.84 Å². The first kappa shape index (κ1) is 15.7. The average Bonchev–Trinajstić information content (AvgIpc) is 2.44. The molecule has 1 heterocycles. The summed E-state index contributed by atoms with van der Waals surface area (Å²) in [4.78, 5) is 2.11. The number of thioether (sulfide) groups is 1. The van der Waals surface area contributed by atoms with Crippen LogP contribution in [0.4, 0.5) is 5.69 Å². The first-order chi connectivity index (χ1) is 9.57. The second-order valence-electron chi connectivity index (χ2n) is 5.04. The SMILES string of the molecule is CS(=O)(=O)C1CSCCN1CCCNc1ccccc1. The summed E-state index contributed by atoms with van der Waals surface area (Å²) in [6.07, 6.45) is 2.30. The maximum atomic E-state index is 11.8. The van der Waals surface area contributed by atoms with Crippen LogP contribution in [0.1, 0.15) is 6.42 Å². The molecule has 1 aliphatic heterocycles. The molecule has 1 unspecified atom stereocenters. The molecule has 4 nitrogen and oxygen atoms in total. The highest BCUT2D eigenvalue weighted by Gasteiger charge is 2.30. The van der Waals surface area contributed by atoms with Gasteiger partial charge < -0.3 is 5.32 Å². The van der Waals surface area contributed by atoms with Gasteiger partial charge in [0, 0.05) is 43.1 Å². The quantitative estimate of drug-likeness (QED) is 0.813. The van der Waals surface area contributed by atoms with Crippen molar-refractivity contribution in [3.8, 4) is 0 Å². The zero-order valence-corrected chi connectivity index (χ0v) is 13.4. The number of anilines is 1. The Morgan fingerprint density at radius 2 is 2.10 bits per heavy atom. The molecule has 1 saturated heterocycles. The Hall–Kier alpha value is -0.720. The van der Waals surface area contributed by atoms with Crippen molar-refractivity contribution in [3.63, 3.8) is 0 Å². The summed E-state index contributed by atoms with van der Waals surface area (Å²) >= 11 is 1.73. The predicted octanol–water partition coefficient (Wildman–Crippen LogP) is 1.91. The number of nitrogens with zero attached hydrogens (tertiary/aromatic N) is 1. The van der Waals surface area contributed by atoms with Gasteiger partial charge in [0.25, 0.3) is 0 Å². The van der Waals surface area contributed by atoms with E-state index in [1.54, 1.807) is 11.8 Å². The van der Waals surface area contributed by atoms with E-state index in [1.807, 2.05) is 30.3 Å². The second kappa shape index (κ2) is 7.33. The smallest absolute Gasteiger partial charge is 0.164 e. The Balaban J connectivity index is 1.77. The second-order valence-corrected chi connectivity index (χ2v) is 8.39. The summed E-state index contributed by atoms with van der Waals surface area (Å²) in [5.41, 5.74) is 1.11. The van der Waals surface area contributed by atoms with Gasteiger partial charge in [0.1, 0.15) is 5.37 Å². The molecule has 0 radical (unpaired) electrons. The minimum atomic E-state index is -2.98. The molecule has 6 heteroatoms. The number of sulfone groups is 1. The standard InChI is InChI=1S/C14H22N2O2S2/c1-20(17,18)14-12-19-11-10-16(14)9-5-8-15-13-6-3-2-4-7-13/h2-4,6-7,14-15H,5,8-12H2,1H3. The summed E-state index contributed by atoms with van der Waals surface area (Å²) < 4.78 is 23.6. The highest BCUT2D eigenvalue weighted by molar-refractivity contribution is 8.00. The van der Waals surface area contributed by atoms with Gasteiger partial charge in [0.2, 0.25) is 0 Å². The van der Waals surface area contributed by atoms with E-state index in [-0.39, 0.29) is 5.37 Å². The Labute approximate surface area is 125 Å². The fourth-order valence-corrected chi connectivity index (χ4v) is 5.31. The topological polar surface area (TPSA) is 49.4 Å². The lowest BCUT2D eigenvalue weighted by atomic mass is 10.3. The summed E-state index contributed by atoms with van der Waals surface area (Å²) in [5.74, 6) is 1.73. The van der Waals surface area contributed by atoms with Crippen LogP contribution in [0.25, 0.3) is 0 Å². The van der Waals surface area contributed by atoms with Gasteiger partial charge in [-0.15, -0.1) is 0 Å². The number of nitrogens with one attached hydrogen (secondary N) is 1. The van der Waals surface area contributed by atoms with Crippen LogP contribution in [-0.4, -0.2) is 56.1 Å². The van der Waals surface area contributed by atoms with Crippen LogP contribution in [0.5, 0.6) is 0 Å². The lowest BCUT2D eigenvalue weighted by Gasteiger charge is -2.33. The normalized spacial score (nSPS) is 20.8. The molecule has 1 atom stereocenters. The molecule has 0 spiro atoms. The van der Waals surface area contributed by atoms with Gasteiger partial charge in [-0.25, -0.2) is 8.42 Å². The third kappa shape index (κ3) is 4.68. The molecule has 0 bridgehead atoms. The highest BCUT2D eigenvalue weighted by atomic mass is 32.2. The number of rotatable bonds is 6. The van der Waals surface area contributed by atoms with E-state index >= 15 is 0 Å². The summed E-state index contributed by atoms with van der Waals surface area (Å²) in [7, 11) is -2.98. The van der Waals surface area contributed by atoms with Crippen LogP contribution in [0.3, 0.4) is 0 Å². The van der Waals surface area contributed by atoms with Gasteiger partial charge >= 0.3 is 0 Å². The van der Waals surface area contributed by atoms with Crippen molar-refractivity contribution in [2.24, 2.45) is 0 Å². The maximum Gasteiger partial charge on any atom is 0.164 e. The molecule has 0 aromatic heterocycles. The molecule has 2 rings (SSSR count). The lowest BCUT2D eigenvalue weighted by Crippen LogP contribution is -2.47. The maximum absolute atomic E-state index is 11.8. The minimum absolute atomic E-state index is 0.307. The van der Waals surface area contributed by atoms with Crippen LogP contribution in [0.15, 0.2) is 30.3 Å². The van der Waals surface area contributed by atoms with E-state index in [2.05, 4.69) is 10.2 Å². The highest BCUT2D eigenvalue weighted by Crippen LogP contribution is 2.20. The first-order valence-corrected chi connectivity index (χ1v) is 9.98. The van der Waals surface area contributed by atoms with Crippen LogP contribution in [0, 0.1) is 0 Å². The van der Waals surface area contributed by atoms with Crippen molar-refractivity contribution in [1.29, 1.82) is 0 Å². The largest absolute Gasteiger partial charge is 0.385 e. The Morgan fingerprint density at radius 1 is 1.35 bits per heavy atom. The van der Waals surface area contributed by atoms with Crippen molar-refractivity contribution >= 4 is 27.3 Å². The summed E-state index contributed by atoms with van der Waals surface area (Å²) in [6, 6.07) is 10.1. The lowest BCUT2D eigenvalue weighted by molar-refractivity contribution is 0.270. The zero-order valence-electron chi connectivity index (χ0n) is 11.8. The predicted molar refractivity (Wildman–Crippen MR) is 87.1 cm³/mol. The van der Waals surface area contributed by atoms with Crippen molar-refractivity contribution in [3.05, 3.63) is 30.3 Å². The van der Waals surface area contributed by atoms with Crippen molar-refractivity contribution in [1.82, 2.24) is 4.90 Å². The number of hydrogen-bond donors (Lipinski definition) is 1. The Kier molecular flexibility index (Phi) is 5.74. The third-order valence-corrected chi connectivity index (χ3v) is 6.10. The van der Waals surface area contributed by atoms with Gasteiger partial charge in [-0.1, -0.05) is 18.2 Å². The van der Waals surface area contributed by atoms with E-state index in [0.29, 0.717) is 5.75 Å². The third-order valence-electron chi connectivity index (χ3n) is 3.41. The molecule has 1 aliphatic rings. The first-order valence-electron chi connectivity index (χ1n) is 6.87. The molecule has 0 saturated carbocycles. The summed E-state index contributed by atoms with van der Waals surface area (Å²) in [6.45, 7) is 2.57. The molecule has 0 amide bonds. The molecule has 0 aliphatic carbocycles. The molecule has 20 heavy (non-hydrogen) atoms. The van der Waals surface area contributed by atoms with Crippen LogP contribution >= 0.6 is 11.8 Å². The molecule has 1 aromatic rings. The molecule has 1 aromatic carbocycles. The van der Waals surface area contributed by atoms with Gasteiger partial charge in [0.05, 0.1) is 0 Å². The number of benzene rings is 1.